The van der Waals surface area contributed by atoms with Crippen molar-refractivity contribution in [1.82, 2.24) is 20.3 Å². The first-order valence-electron chi connectivity index (χ1n) is 19.6. The van der Waals surface area contributed by atoms with Crippen molar-refractivity contribution < 1.29 is 42.9 Å². The molecule has 6 aromatic rings. The highest BCUT2D eigenvalue weighted by molar-refractivity contribution is 6.11. The van der Waals surface area contributed by atoms with Crippen LogP contribution in [0.4, 0.5) is 5.69 Å². The molecule has 1 unspecified atom stereocenters. The second-order valence-corrected chi connectivity index (χ2v) is 16.0. The zero-order valence-electron chi connectivity index (χ0n) is 32.5. The van der Waals surface area contributed by atoms with Crippen LogP contribution in [-0.2, 0) is 26.2 Å². The smallest absolute Gasteiger partial charge is 0.360 e. The number of hydrogen-bond donors (Lipinski definition) is 5. The van der Waals surface area contributed by atoms with Gasteiger partial charge in [0.1, 0.15) is 28.6 Å². The number of carbonyl (C=O) groups is 3. The topological polar surface area (TPSA) is 202 Å². The van der Waals surface area contributed by atoms with Crippen LogP contribution in [0.25, 0.3) is 44.9 Å². The number of fused-ring (bicyclic) bond motifs is 7. The van der Waals surface area contributed by atoms with Gasteiger partial charge in [-0.15, -0.1) is 0 Å². The lowest BCUT2D eigenvalue weighted by Gasteiger charge is -2.29. The van der Waals surface area contributed by atoms with E-state index in [1.165, 1.54) is 7.11 Å². The van der Waals surface area contributed by atoms with Crippen LogP contribution in [-0.4, -0.2) is 61.8 Å². The second-order valence-electron chi connectivity index (χ2n) is 16.0. The zero-order valence-corrected chi connectivity index (χ0v) is 32.5. The summed E-state index contributed by atoms with van der Waals surface area (Å²) in [6.07, 6.45) is 1.35. The molecule has 58 heavy (non-hydrogen) atoms. The minimum Gasteiger partial charge on any atom is -0.506 e. The van der Waals surface area contributed by atoms with Gasteiger partial charge in [0.25, 0.3) is 0 Å². The van der Waals surface area contributed by atoms with E-state index in [0.29, 0.717) is 28.0 Å². The van der Waals surface area contributed by atoms with Crippen molar-refractivity contribution in [3.8, 4) is 45.5 Å². The van der Waals surface area contributed by atoms with Gasteiger partial charge in [-0.1, -0.05) is 58.0 Å². The number of phenols is 1. The minimum absolute atomic E-state index is 0.0000806. The highest BCUT2D eigenvalue weighted by Crippen LogP contribution is 2.62. The molecule has 0 saturated carbocycles. The summed E-state index contributed by atoms with van der Waals surface area (Å²) in [4.78, 5) is 54.7. The van der Waals surface area contributed by atoms with E-state index < -0.39 is 41.0 Å². The average molecular weight is 784 g/mol. The SMILES string of the molecule is CCC(O)(CC)C(=O)C[C@H]1Cc2ccc3c(c2)C24c5cccc(c5N[C@H]2O3)-c2ccc(O)c3[nH]cc(c23)-c2oc(nc2C(=O)OC)-c2nc(oc24)[C@H](C(C)C)NC1=O. The maximum atomic E-state index is 14.4. The zero-order chi connectivity index (χ0) is 40.4. The molecule has 0 radical (unpaired) electrons. The molecule has 1 amide bonds. The third-order valence-corrected chi connectivity index (χ3v) is 12.6. The van der Waals surface area contributed by atoms with Crippen LogP contribution in [0.5, 0.6) is 11.5 Å². The number of Topliss-reactive ketones (excluding diaryl/α,β-unsaturated/α-hetero) is 1. The number of rotatable bonds is 7. The van der Waals surface area contributed by atoms with Gasteiger partial charge in [-0.2, -0.15) is 4.98 Å². The van der Waals surface area contributed by atoms with E-state index in [1.807, 2.05) is 56.3 Å². The van der Waals surface area contributed by atoms with Crippen LogP contribution in [0.1, 0.15) is 91.8 Å². The summed E-state index contributed by atoms with van der Waals surface area (Å²) in [6.45, 7) is 7.38. The van der Waals surface area contributed by atoms with Crippen LogP contribution in [0.15, 0.2) is 63.6 Å². The van der Waals surface area contributed by atoms with E-state index >= 15 is 0 Å². The van der Waals surface area contributed by atoms with Gasteiger partial charge in [-0.3, -0.25) is 9.59 Å². The average Bonchev–Trinajstić information content (AvgIpc) is 4.05. The molecule has 7 heterocycles. The Morgan fingerprint density at radius 3 is 2.59 bits per heavy atom. The first-order valence-corrected chi connectivity index (χ1v) is 19.6. The highest BCUT2D eigenvalue weighted by Gasteiger charge is 2.62. The Morgan fingerprint density at radius 1 is 1.02 bits per heavy atom. The number of aromatic nitrogens is 3. The number of para-hydroxylation sites is 1. The molecular weight excluding hydrogens is 743 g/mol. The number of esters is 1. The Kier molecular flexibility index (Phi) is 7.78. The summed E-state index contributed by atoms with van der Waals surface area (Å²) in [7, 11) is 1.26. The molecule has 14 nitrogen and oxygen atoms in total. The molecule has 4 aliphatic rings. The van der Waals surface area contributed by atoms with Gasteiger partial charge in [0.15, 0.2) is 34.9 Å². The number of aromatic hydroxyl groups is 1. The standard InChI is InChI=1S/C44H41N5O9/c1-6-43(54,7-2)29(51)17-21-15-20-11-14-28-26(16-20)44-25-10-8-9-23(32(25)49-42(44)56-28)22-12-13-27(50)33-30(22)24(18-45-33)36-34(41(53)55-5)47-40(57-36)35-37(44)58-39(48-35)31(19(3)4)46-38(21)52/h8-14,16,18-19,21,31,42,45,49-50,54H,6-7,15,17H2,1-5H3,(H,46,52)/t21-,31+,42+,44?/m1/s1. The molecule has 0 saturated heterocycles. The molecule has 10 rings (SSSR count). The summed E-state index contributed by atoms with van der Waals surface area (Å²) in [5.74, 6) is -1.52. The Bertz CT molecular complexity index is 2740. The molecule has 1 spiro atoms. The maximum Gasteiger partial charge on any atom is 0.360 e. The number of benzene rings is 3. The van der Waals surface area contributed by atoms with E-state index in [2.05, 4.69) is 15.6 Å². The second kappa shape index (κ2) is 12.5. The Morgan fingerprint density at radius 2 is 1.83 bits per heavy atom. The number of nitrogens with one attached hydrogen (secondary N) is 3. The monoisotopic (exact) mass is 783 g/mol. The van der Waals surface area contributed by atoms with Crippen molar-refractivity contribution in [2.75, 3.05) is 12.4 Å². The number of ketones is 1. The number of aliphatic hydroxyl groups is 1. The first-order chi connectivity index (χ1) is 27.9. The fourth-order valence-corrected chi connectivity index (χ4v) is 9.39. The van der Waals surface area contributed by atoms with E-state index in [0.717, 1.165) is 33.5 Å². The number of oxazole rings is 2. The van der Waals surface area contributed by atoms with E-state index in [4.69, 9.17) is 28.3 Å². The molecule has 3 aromatic carbocycles. The van der Waals surface area contributed by atoms with E-state index in [1.54, 1.807) is 26.1 Å². The number of ether oxygens (including phenoxy) is 2. The number of methoxy groups -OCH3 is 1. The lowest BCUT2D eigenvalue weighted by Crippen LogP contribution is -2.43. The number of carbonyl (C=O) groups excluding carboxylic acids is 3. The number of nitrogens with zero attached hydrogens (tertiary/aromatic N) is 2. The van der Waals surface area contributed by atoms with Crippen molar-refractivity contribution in [2.45, 2.75) is 76.7 Å². The van der Waals surface area contributed by atoms with Crippen molar-refractivity contribution in [2.24, 2.45) is 11.8 Å². The maximum absolute atomic E-state index is 14.4. The molecule has 3 aromatic heterocycles. The fourth-order valence-electron chi connectivity index (χ4n) is 9.39. The van der Waals surface area contributed by atoms with Crippen molar-refractivity contribution in [1.29, 1.82) is 0 Å². The highest BCUT2D eigenvalue weighted by atomic mass is 16.5. The van der Waals surface area contributed by atoms with Crippen LogP contribution in [0, 0.1) is 11.8 Å². The van der Waals surface area contributed by atoms with Crippen molar-refractivity contribution >= 4 is 34.3 Å². The van der Waals surface area contributed by atoms with Crippen LogP contribution in [0.3, 0.4) is 0 Å². The molecule has 4 atom stereocenters. The fraction of sp³-hybridized carbons (Fsp3) is 0.341. The largest absolute Gasteiger partial charge is 0.506 e. The number of anilines is 1. The van der Waals surface area contributed by atoms with E-state index in [-0.39, 0.29) is 72.2 Å². The summed E-state index contributed by atoms with van der Waals surface area (Å²) < 4.78 is 25.7. The molecule has 296 valence electrons. The van der Waals surface area contributed by atoms with Crippen LogP contribution < -0.4 is 15.4 Å². The lowest BCUT2D eigenvalue weighted by molar-refractivity contribution is -0.141. The number of H-pyrrole nitrogens is 1. The molecule has 4 aliphatic heterocycles. The van der Waals surface area contributed by atoms with Gasteiger partial charge in [-0.05, 0) is 54.5 Å². The van der Waals surface area contributed by atoms with Gasteiger partial charge < -0.3 is 44.1 Å². The first kappa shape index (κ1) is 36.0. The Hall–Kier alpha value is -6.41. The summed E-state index contributed by atoms with van der Waals surface area (Å²) in [5, 5.41) is 29.7. The summed E-state index contributed by atoms with van der Waals surface area (Å²) in [5.41, 5.74) is 2.74. The number of aromatic amines is 1. The van der Waals surface area contributed by atoms with Gasteiger partial charge in [0, 0.05) is 51.9 Å². The predicted octanol–water partition coefficient (Wildman–Crippen LogP) is 6.92. The third kappa shape index (κ3) is 4.77. The Balaban J connectivity index is 1.30. The van der Waals surface area contributed by atoms with Gasteiger partial charge in [-0.25, -0.2) is 9.78 Å². The van der Waals surface area contributed by atoms with E-state index in [9.17, 15) is 24.6 Å². The van der Waals surface area contributed by atoms with Crippen LogP contribution in [0.2, 0.25) is 0 Å². The molecule has 14 heteroatoms. The molecule has 0 fully saturated rings. The van der Waals surface area contributed by atoms with Crippen LogP contribution >= 0.6 is 0 Å². The molecule has 10 bridgehead atoms. The predicted molar refractivity (Wildman–Crippen MR) is 210 cm³/mol. The lowest BCUT2D eigenvalue weighted by atomic mass is 9.72. The summed E-state index contributed by atoms with van der Waals surface area (Å²) in [6, 6.07) is 14.3. The molecular formula is C44H41N5O9. The number of phenolic OH excluding ortho intramolecular Hbond substituents is 1. The summed E-state index contributed by atoms with van der Waals surface area (Å²) >= 11 is 0. The number of amides is 1. The van der Waals surface area contributed by atoms with Crippen molar-refractivity contribution in [3.05, 3.63) is 88.8 Å². The van der Waals surface area contributed by atoms with Gasteiger partial charge in [0.2, 0.25) is 17.7 Å². The minimum atomic E-state index is -1.56. The quantitative estimate of drug-likeness (QED) is 0.105. The molecule has 0 aliphatic carbocycles. The van der Waals surface area contributed by atoms with Gasteiger partial charge in [0.05, 0.1) is 12.6 Å². The van der Waals surface area contributed by atoms with Gasteiger partial charge >= 0.3 is 5.97 Å². The third-order valence-electron chi connectivity index (χ3n) is 12.6. The Labute approximate surface area is 332 Å². The normalized spacial score (nSPS) is 21.1. The molecule has 5 N–H and O–H groups in total. The van der Waals surface area contributed by atoms with Crippen molar-refractivity contribution in [3.63, 3.8) is 0 Å². The number of hydrogen-bond acceptors (Lipinski definition) is 12.